The number of hydrogen-bond acceptors (Lipinski definition) is 0. The van der Waals surface area contributed by atoms with E-state index in [1.807, 2.05) is 0 Å². The van der Waals surface area contributed by atoms with E-state index >= 15 is 0 Å². The van der Waals surface area contributed by atoms with Crippen molar-refractivity contribution in [1.29, 1.82) is 0 Å². The van der Waals surface area contributed by atoms with Crippen LogP contribution < -0.4 is 0 Å². The number of hydrogen-bond donors (Lipinski definition) is 0. The third kappa shape index (κ3) is 2.88. The van der Waals surface area contributed by atoms with E-state index < -0.39 is 11.6 Å². The maximum Gasteiger partial charge on any atom is 0.140 e. The molecule has 1 rings (SSSR count). The van der Waals surface area contributed by atoms with Crippen LogP contribution >= 0.6 is 31.9 Å². The lowest BCUT2D eigenvalue weighted by atomic mass is 10.2. The highest BCUT2D eigenvalue weighted by atomic mass is 79.9. The normalized spacial score (nSPS) is 11.1. The zero-order valence-corrected chi connectivity index (χ0v) is 9.70. The minimum atomic E-state index is -0.589. The summed E-state index contributed by atoms with van der Waals surface area (Å²) < 4.78 is 25.7. The summed E-state index contributed by atoms with van der Waals surface area (Å²) in [6.45, 7) is 0. The van der Waals surface area contributed by atoms with E-state index in [4.69, 9.17) is 0 Å². The first-order chi connectivity index (χ1) is 6.15. The van der Waals surface area contributed by atoms with Gasteiger partial charge in [-0.05, 0) is 33.6 Å². The summed E-state index contributed by atoms with van der Waals surface area (Å²) in [6, 6.07) is 2.54. The lowest BCUT2D eigenvalue weighted by molar-refractivity contribution is 0.571. The number of rotatable bonds is 2. The van der Waals surface area contributed by atoms with Crippen molar-refractivity contribution in [2.75, 3.05) is 5.33 Å². The molecule has 70 valence electrons. The largest absolute Gasteiger partial charge is 0.206 e. The summed E-state index contributed by atoms with van der Waals surface area (Å²) in [7, 11) is 0. The second-order valence-electron chi connectivity index (χ2n) is 2.36. The highest BCUT2D eigenvalue weighted by Gasteiger charge is 2.06. The first kappa shape index (κ1) is 10.9. The Hall–Kier alpha value is -0.220. The van der Waals surface area contributed by atoms with E-state index in [0.29, 0.717) is 10.9 Å². The minimum absolute atomic E-state index is 0.122. The van der Waals surface area contributed by atoms with Crippen molar-refractivity contribution in [3.05, 3.63) is 39.9 Å². The molecule has 0 aliphatic heterocycles. The summed E-state index contributed by atoms with van der Waals surface area (Å²) in [5.41, 5.74) is 0.512. The molecular weight excluding hydrogens is 306 g/mol. The van der Waals surface area contributed by atoms with Crippen LogP contribution in [-0.4, -0.2) is 5.33 Å². The molecule has 1 aromatic carbocycles. The summed E-state index contributed by atoms with van der Waals surface area (Å²) >= 11 is 5.97. The fourth-order valence-corrected chi connectivity index (χ4v) is 1.27. The van der Waals surface area contributed by atoms with Crippen LogP contribution in [0.3, 0.4) is 0 Å². The Bertz CT molecular complexity index is 311. The summed E-state index contributed by atoms with van der Waals surface area (Å²) in [5.74, 6) is -1.18. The van der Waals surface area contributed by atoms with E-state index in [1.54, 1.807) is 12.2 Å². The minimum Gasteiger partial charge on any atom is -0.206 e. The van der Waals surface area contributed by atoms with Crippen molar-refractivity contribution >= 4 is 37.9 Å². The second kappa shape index (κ2) is 4.86. The lowest BCUT2D eigenvalue weighted by Gasteiger charge is -1.98. The molecule has 0 fully saturated rings. The van der Waals surface area contributed by atoms with Crippen LogP contribution in [0.4, 0.5) is 8.78 Å². The number of alkyl halides is 1. The summed E-state index contributed by atoms with van der Waals surface area (Å²) in [4.78, 5) is 0. The van der Waals surface area contributed by atoms with Gasteiger partial charge in [0.25, 0.3) is 0 Å². The number of halogens is 4. The van der Waals surface area contributed by atoms with Crippen LogP contribution in [0.1, 0.15) is 5.56 Å². The second-order valence-corrected chi connectivity index (χ2v) is 3.80. The first-order valence-corrected chi connectivity index (χ1v) is 5.43. The Morgan fingerprint density at radius 2 is 1.77 bits per heavy atom. The lowest BCUT2D eigenvalue weighted by Crippen LogP contribution is -1.85. The molecule has 0 aliphatic rings. The van der Waals surface area contributed by atoms with Gasteiger partial charge in [0, 0.05) is 5.33 Å². The van der Waals surface area contributed by atoms with Crippen molar-refractivity contribution in [2.45, 2.75) is 0 Å². The van der Waals surface area contributed by atoms with Crippen LogP contribution in [0, 0.1) is 11.6 Å². The van der Waals surface area contributed by atoms with Gasteiger partial charge in [-0.25, -0.2) is 8.78 Å². The molecule has 0 bridgehead atoms. The zero-order chi connectivity index (χ0) is 9.84. The fraction of sp³-hybridized carbons (Fsp3) is 0.111. The molecule has 0 amide bonds. The van der Waals surface area contributed by atoms with Crippen LogP contribution in [0.25, 0.3) is 6.08 Å². The first-order valence-electron chi connectivity index (χ1n) is 3.52. The van der Waals surface area contributed by atoms with E-state index in [1.165, 1.54) is 12.1 Å². The average molecular weight is 312 g/mol. The molecule has 0 spiro atoms. The Morgan fingerprint density at radius 1 is 1.23 bits per heavy atom. The fourth-order valence-electron chi connectivity index (χ4n) is 0.852. The zero-order valence-electron chi connectivity index (χ0n) is 6.53. The SMILES string of the molecule is Fc1cc(C=CCBr)cc(F)c1Br. The van der Waals surface area contributed by atoms with Gasteiger partial charge in [-0.2, -0.15) is 0 Å². The van der Waals surface area contributed by atoms with Gasteiger partial charge >= 0.3 is 0 Å². The Balaban J connectivity index is 3.06. The van der Waals surface area contributed by atoms with Crippen molar-refractivity contribution in [1.82, 2.24) is 0 Å². The smallest absolute Gasteiger partial charge is 0.140 e. The molecule has 0 N–H and O–H groups in total. The Kier molecular flexibility index (Phi) is 4.06. The molecule has 0 unspecified atom stereocenters. The van der Waals surface area contributed by atoms with Gasteiger partial charge < -0.3 is 0 Å². The van der Waals surface area contributed by atoms with Crippen LogP contribution in [0.15, 0.2) is 22.7 Å². The summed E-state index contributed by atoms with van der Waals surface area (Å²) in [6.07, 6.45) is 3.41. The summed E-state index contributed by atoms with van der Waals surface area (Å²) in [5, 5.41) is 0.659. The Morgan fingerprint density at radius 3 is 2.23 bits per heavy atom. The third-order valence-corrected chi connectivity index (χ3v) is 2.54. The highest BCUT2D eigenvalue weighted by molar-refractivity contribution is 9.10. The van der Waals surface area contributed by atoms with E-state index in [-0.39, 0.29) is 4.47 Å². The monoisotopic (exact) mass is 310 g/mol. The van der Waals surface area contributed by atoms with E-state index in [2.05, 4.69) is 31.9 Å². The topological polar surface area (TPSA) is 0 Å². The van der Waals surface area contributed by atoms with Crippen LogP contribution in [-0.2, 0) is 0 Å². The van der Waals surface area contributed by atoms with Crippen LogP contribution in [0.2, 0.25) is 0 Å². The van der Waals surface area contributed by atoms with Crippen molar-refractivity contribution in [2.24, 2.45) is 0 Å². The standard InChI is InChI=1S/C9H6Br2F2/c10-3-1-2-6-4-7(12)9(11)8(13)5-6/h1-2,4-5H,3H2. The van der Waals surface area contributed by atoms with E-state index in [9.17, 15) is 8.78 Å². The molecule has 0 aliphatic carbocycles. The molecule has 0 nitrogen and oxygen atoms in total. The molecule has 13 heavy (non-hydrogen) atoms. The van der Waals surface area contributed by atoms with Gasteiger partial charge in [0.1, 0.15) is 11.6 Å². The van der Waals surface area contributed by atoms with Gasteiger partial charge in [0.05, 0.1) is 4.47 Å². The Labute approximate surface area is 91.9 Å². The van der Waals surface area contributed by atoms with Gasteiger partial charge in [0.15, 0.2) is 0 Å². The van der Waals surface area contributed by atoms with Gasteiger partial charge in [-0.15, -0.1) is 0 Å². The molecular formula is C9H6Br2F2. The van der Waals surface area contributed by atoms with Crippen molar-refractivity contribution in [3.63, 3.8) is 0 Å². The molecule has 0 saturated heterocycles. The predicted octanol–water partition coefficient (Wildman–Crippen LogP) is 4.14. The third-order valence-electron chi connectivity index (χ3n) is 1.41. The number of benzene rings is 1. The maximum absolute atomic E-state index is 12.9. The van der Waals surface area contributed by atoms with E-state index in [0.717, 1.165) is 0 Å². The van der Waals surface area contributed by atoms with Gasteiger partial charge in [-0.3, -0.25) is 0 Å². The quantitative estimate of drug-likeness (QED) is 0.569. The molecule has 0 aromatic heterocycles. The molecule has 0 heterocycles. The average Bonchev–Trinajstić information content (AvgIpc) is 2.10. The van der Waals surface area contributed by atoms with Gasteiger partial charge in [-0.1, -0.05) is 28.1 Å². The number of allylic oxidation sites excluding steroid dienone is 1. The van der Waals surface area contributed by atoms with Crippen molar-refractivity contribution in [3.8, 4) is 0 Å². The molecule has 0 saturated carbocycles. The molecule has 0 radical (unpaired) electrons. The molecule has 4 heteroatoms. The molecule has 0 atom stereocenters. The molecule has 1 aromatic rings. The van der Waals surface area contributed by atoms with Crippen LogP contribution in [0.5, 0.6) is 0 Å². The van der Waals surface area contributed by atoms with Crippen molar-refractivity contribution < 1.29 is 8.78 Å². The van der Waals surface area contributed by atoms with Gasteiger partial charge in [0.2, 0.25) is 0 Å². The highest BCUT2D eigenvalue weighted by Crippen LogP contribution is 2.21. The predicted molar refractivity (Wildman–Crippen MR) is 56.9 cm³/mol. The maximum atomic E-state index is 12.9.